The topological polar surface area (TPSA) is 72.8 Å². The summed E-state index contributed by atoms with van der Waals surface area (Å²) in [4.78, 5) is 22.9. The number of rotatable bonds is 7. The Bertz CT molecular complexity index is 461. The minimum Gasteiger partial charge on any atom is -0.481 e. The third kappa shape index (κ3) is 7.46. The summed E-state index contributed by atoms with van der Waals surface area (Å²) < 4.78 is 10.5. The minimum absolute atomic E-state index is 0.0146. The molecule has 1 aromatic rings. The lowest BCUT2D eigenvalue weighted by Gasteiger charge is -2.22. The molecular formula is C16H22O5. The predicted molar refractivity (Wildman–Crippen MR) is 77.7 cm³/mol. The van der Waals surface area contributed by atoms with Crippen molar-refractivity contribution in [1.82, 2.24) is 0 Å². The van der Waals surface area contributed by atoms with Gasteiger partial charge in [-0.2, -0.15) is 0 Å². The standard InChI is InChI=1S/C16H22O5/c1-16(2,3)21-11-13(15(18)19)9-14(17)20-10-12-7-5-4-6-8-12/h4-8,13H,9-11H2,1-3H3,(H,18,19)/t13-/m0/s1. The molecule has 0 saturated carbocycles. The molecule has 1 aromatic carbocycles. The van der Waals surface area contributed by atoms with Crippen LogP contribution in [0.25, 0.3) is 0 Å². The van der Waals surface area contributed by atoms with Crippen LogP contribution in [0.2, 0.25) is 0 Å². The molecule has 0 aliphatic heterocycles. The number of hydrogen-bond donors (Lipinski definition) is 1. The van der Waals surface area contributed by atoms with E-state index in [1.54, 1.807) is 0 Å². The van der Waals surface area contributed by atoms with Crippen LogP contribution >= 0.6 is 0 Å². The van der Waals surface area contributed by atoms with Gasteiger partial charge in [-0.05, 0) is 26.3 Å². The van der Waals surface area contributed by atoms with E-state index in [1.165, 1.54) is 0 Å². The first-order valence-electron chi connectivity index (χ1n) is 6.84. The van der Waals surface area contributed by atoms with E-state index in [4.69, 9.17) is 14.6 Å². The fourth-order valence-corrected chi connectivity index (χ4v) is 1.57. The van der Waals surface area contributed by atoms with Gasteiger partial charge in [0, 0.05) is 0 Å². The quantitative estimate of drug-likeness (QED) is 0.783. The number of carboxylic acids is 1. The number of carbonyl (C=O) groups excluding carboxylic acids is 1. The number of carbonyl (C=O) groups is 2. The summed E-state index contributed by atoms with van der Waals surface area (Å²) in [6.07, 6.45) is -0.196. The highest BCUT2D eigenvalue weighted by Gasteiger charge is 2.25. The monoisotopic (exact) mass is 294 g/mol. The van der Waals surface area contributed by atoms with E-state index in [1.807, 2.05) is 51.1 Å². The van der Waals surface area contributed by atoms with E-state index in [-0.39, 0.29) is 19.6 Å². The maximum Gasteiger partial charge on any atom is 0.309 e. The molecule has 0 radical (unpaired) electrons. The molecule has 5 heteroatoms. The summed E-state index contributed by atoms with van der Waals surface area (Å²) in [5, 5.41) is 9.12. The van der Waals surface area contributed by atoms with E-state index < -0.39 is 23.5 Å². The Kier molecular flexibility index (Phi) is 6.37. The molecule has 0 spiro atoms. The summed E-state index contributed by atoms with van der Waals surface area (Å²) >= 11 is 0. The van der Waals surface area contributed by atoms with Crippen molar-refractivity contribution in [3.8, 4) is 0 Å². The number of carboxylic acid groups (broad SMARTS) is 1. The minimum atomic E-state index is -1.06. The SMILES string of the molecule is CC(C)(C)OC[C@H](CC(=O)OCc1ccccc1)C(=O)O. The van der Waals surface area contributed by atoms with Crippen LogP contribution in [0, 0.1) is 5.92 Å². The normalized spacial score (nSPS) is 12.7. The largest absolute Gasteiger partial charge is 0.481 e. The van der Waals surface area contributed by atoms with E-state index in [9.17, 15) is 9.59 Å². The zero-order valence-electron chi connectivity index (χ0n) is 12.7. The van der Waals surface area contributed by atoms with Crippen LogP contribution in [0.4, 0.5) is 0 Å². The molecule has 1 N–H and O–H groups in total. The van der Waals surface area contributed by atoms with Gasteiger partial charge in [0.05, 0.1) is 24.5 Å². The first kappa shape index (κ1) is 17.2. The van der Waals surface area contributed by atoms with Gasteiger partial charge in [0.15, 0.2) is 0 Å². The second kappa shape index (κ2) is 7.78. The number of hydrogen-bond acceptors (Lipinski definition) is 4. The number of esters is 1. The van der Waals surface area contributed by atoms with Crippen molar-refractivity contribution in [1.29, 1.82) is 0 Å². The van der Waals surface area contributed by atoms with Gasteiger partial charge in [-0.25, -0.2) is 0 Å². The van der Waals surface area contributed by atoms with E-state index in [0.29, 0.717) is 0 Å². The van der Waals surface area contributed by atoms with Crippen LogP contribution in [0.3, 0.4) is 0 Å². The maximum atomic E-state index is 11.7. The molecule has 5 nitrogen and oxygen atoms in total. The third-order valence-corrected chi connectivity index (χ3v) is 2.72. The van der Waals surface area contributed by atoms with Crippen molar-refractivity contribution in [2.24, 2.45) is 5.92 Å². The van der Waals surface area contributed by atoms with Crippen molar-refractivity contribution in [2.75, 3.05) is 6.61 Å². The second-order valence-corrected chi connectivity index (χ2v) is 5.81. The Morgan fingerprint density at radius 2 is 1.81 bits per heavy atom. The number of aliphatic carboxylic acids is 1. The zero-order chi connectivity index (χ0) is 15.9. The Morgan fingerprint density at radius 1 is 1.19 bits per heavy atom. The van der Waals surface area contributed by atoms with Crippen molar-refractivity contribution < 1.29 is 24.2 Å². The first-order valence-corrected chi connectivity index (χ1v) is 6.84. The second-order valence-electron chi connectivity index (χ2n) is 5.81. The van der Waals surface area contributed by atoms with Crippen molar-refractivity contribution in [3.63, 3.8) is 0 Å². The molecule has 116 valence electrons. The summed E-state index contributed by atoms with van der Waals surface area (Å²) in [5.41, 5.74) is 0.422. The van der Waals surface area contributed by atoms with Gasteiger partial charge in [-0.1, -0.05) is 30.3 Å². The summed E-state index contributed by atoms with van der Waals surface area (Å²) in [6, 6.07) is 9.24. The summed E-state index contributed by atoms with van der Waals surface area (Å²) in [7, 11) is 0. The molecule has 0 aliphatic carbocycles. The number of ether oxygens (including phenoxy) is 2. The summed E-state index contributed by atoms with van der Waals surface area (Å²) in [6.45, 7) is 5.63. The third-order valence-electron chi connectivity index (χ3n) is 2.72. The average Bonchev–Trinajstić information content (AvgIpc) is 2.41. The molecule has 0 amide bonds. The Labute approximate surface area is 124 Å². The van der Waals surface area contributed by atoms with Crippen LogP contribution < -0.4 is 0 Å². The van der Waals surface area contributed by atoms with Gasteiger partial charge in [-0.3, -0.25) is 9.59 Å². The van der Waals surface area contributed by atoms with Gasteiger partial charge in [0.25, 0.3) is 0 Å². The lowest BCUT2D eigenvalue weighted by molar-refractivity contribution is -0.156. The van der Waals surface area contributed by atoms with Crippen LogP contribution in [0.1, 0.15) is 32.8 Å². The smallest absolute Gasteiger partial charge is 0.309 e. The van der Waals surface area contributed by atoms with Gasteiger partial charge in [0.2, 0.25) is 0 Å². The van der Waals surface area contributed by atoms with E-state index >= 15 is 0 Å². The average molecular weight is 294 g/mol. The van der Waals surface area contributed by atoms with Gasteiger partial charge in [-0.15, -0.1) is 0 Å². The highest BCUT2D eigenvalue weighted by atomic mass is 16.5. The molecular weight excluding hydrogens is 272 g/mol. The Balaban J connectivity index is 2.43. The predicted octanol–water partition coefficient (Wildman–Crippen LogP) is 2.64. The molecule has 0 aliphatic rings. The zero-order valence-corrected chi connectivity index (χ0v) is 12.7. The van der Waals surface area contributed by atoms with Gasteiger partial charge >= 0.3 is 11.9 Å². The first-order chi connectivity index (χ1) is 9.78. The van der Waals surface area contributed by atoms with E-state index in [0.717, 1.165) is 5.56 Å². The van der Waals surface area contributed by atoms with Crippen LogP contribution in [-0.4, -0.2) is 29.3 Å². The van der Waals surface area contributed by atoms with Crippen molar-refractivity contribution >= 4 is 11.9 Å². The lowest BCUT2D eigenvalue weighted by atomic mass is 10.1. The molecule has 0 aromatic heterocycles. The molecule has 0 bridgehead atoms. The molecule has 0 fully saturated rings. The summed E-state index contributed by atoms with van der Waals surface area (Å²) in [5.74, 6) is -2.49. The highest BCUT2D eigenvalue weighted by molar-refractivity contribution is 5.78. The van der Waals surface area contributed by atoms with Gasteiger partial charge in [0.1, 0.15) is 6.61 Å². The fraction of sp³-hybridized carbons (Fsp3) is 0.500. The fourth-order valence-electron chi connectivity index (χ4n) is 1.57. The number of benzene rings is 1. The molecule has 1 rings (SSSR count). The molecule has 0 unspecified atom stereocenters. The molecule has 0 saturated heterocycles. The van der Waals surface area contributed by atoms with Crippen molar-refractivity contribution in [3.05, 3.63) is 35.9 Å². The van der Waals surface area contributed by atoms with Crippen LogP contribution in [0.15, 0.2) is 30.3 Å². The van der Waals surface area contributed by atoms with Crippen molar-refractivity contribution in [2.45, 2.75) is 39.4 Å². The van der Waals surface area contributed by atoms with Crippen LogP contribution in [0.5, 0.6) is 0 Å². The lowest BCUT2D eigenvalue weighted by Crippen LogP contribution is -2.29. The maximum absolute atomic E-state index is 11.7. The highest BCUT2D eigenvalue weighted by Crippen LogP contribution is 2.13. The molecule has 21 heavy (non-hydrogen) atoms. The molecule has 0 heterocycles. The Hall–Kier alpha value is -1.88. The molecule has 1 atom stereocenters. The Morgan fingerprint density at radius 3 is 2.33 bits per heavy atom. The van der Waals surface area contributed by atoms with E-state index in [2.05, 4.69) is 0 Å². The van der Waals surface area contributed by atoms with Crippen LogP contribution in [-0.2, 0) is 25.7 Å². The van der Waals surface area contributed by atoms with Gasteiger partial charge < -0.3 is 14.6 Å².